The number of anilines is 1. The first kappa shape index (κ1) is 11.9. The van der Waals surface area contributed by atoms with Crippen LogP contribution in [-0.2, 0) is 4.79 Å². The molecule has 0 aliphatic carbocycles. The predicted molar refractivity (Wildman–Crippen MR) is 66.5 cm³/mol. The van der Waals surface area contributed by atoms with E-state index in [1.807, 2.05) is 31.2 Å². The summed E-state index contributed by atoms with van der Waals surface area (Å²) >= 11 is 0. The monoisotopic (exact) mass is 234 g/mol. The van der Waals surface area contributed by atoms with Gasteiger partial charge in [-0.2, -0.15) is 0 Å². The summed E-state index contributed by atoms with van der Waals surface area (Å²) in [5, 5.41) is 11.7. The van der Waals surface area contributed by atoms with Gasteiger partial charge in [-0.15, -0.1) is 0 Å². The van der Waals surface area contributed by atoms with E-state index in [0.29, 0.717) is 6.54 Å². The lowest BCUT2D eigenvalue weighted by atomic mass is 9.91. The molecule has 1 aromatic rings. The highest BCUT2D eigenvalue weighted by Crippen LogP contribution is 2.25. The molecule has 0 radical (unpaired) electrons. The second-order valence-corrected chi connectivity index (χ2v) is 5.13. The third kappa shape index (κ3) is 2.42. The molecule has 1 atom stereocenters. The molecule has 0 aromatic heterocycles. The number of rotatable bonds is 2. The van der Waals surface area contributed by atoms with Crippen LogP contribution >= 0.6 is 0 Å². The fourth-order valence-corrected chi connectivity index (χ4v) is 1.96. The van der Waals surface area contributed by atoms with E-state index in [2.05, 4.69) is 5.43 Å². The lowest BCUT2D eigenvalue weighted by Gasteiger charge is -2.23. The van der Waals surface area contributed by atoms with Gasteiger partial charge in [0.15, 0.2) is 0 Å². The molecule has 4 heteroatoms. The Kier molecular flexibility index (Phi) is 2.83. The van der Waals surface area contributed by atoms with E-state index in [9.17, 15) is 9.90 Å². The molecule has 1 amide bonds. The Labute approximate surface area is 101 Å². The Bertz CT molecular complexity index is 420. The summed E-state index contributed by atoms with van der Waals surface area (Å²) in [4.78, 5) is 11.8. The van der Waals surface area contributed by atoms with Crippen LogP contribution in [0.25, 0.3) is 0 Å². The number of amides is 1. The number of aryl methyl sites for hydroxylation is 1. The zero-order valence-corrected chi connectivity index (χ0v) is 10.4. The summed E-state index contributed by atoms with van der Waals surface area (Å²) in [6.07, 6.45) is 0. The maximum Gasteiger partial charge on any atom is 0.246 e. The number of nitrogens with one attached hydrogen (secondary N) is 1. The predicted octanol–water partition coefficient (Wildman–Crippen LogP) is 1.23. The largest absolute Gasteiger partial charge is 0.390 e. The van der Waals surface area contributed by atoms with Gasteiger partial charge in [0.25, 0.3) is 0 Å². The minimum absolute atomic E-state index is 0.127. The molecule has 1 saturated heterocycles. The Morgan fingerprint density at radius 1 is 1.35 bits per heavy atom. The highest BCUT2D eigenvalue weighted by molar-refractivity contribution is 5.85. The zero-order valence-electron chi connectivity index (χ0n) is 10.4. The van der Waals surface area contributed by atoms with Crippen molar-refractivity contribution in [2.24, 2.45) is 5.92 Å². The van der Waals surface area contributed by atoms with Gasteiger partial charge in [0.2, 0.25) is 5.91 Å². The number of hydrogen-bond donors (Lipinski definition) is 2. The molecule has 92 valence electrons. The van der Waals surface area contributed by atoms with Crippen molar-refractivity contribution in [3.05, 3.63) is 29.8 Å². The number of benzene rings is 1. The van der Waals surface area contributed by atoms with Crippen molar-refractivity contribution >= 4 is 11.6 Å². The van der Waals surface area contributed by atoms with E-state index in [0.717, 1.165) is 5.69 Å². The van der Waals surface area contributed by atoms with Crippen molar-refractivity contribution in [1.29, 1.82) is 0 Å². The van der Waals surface area contributed by atoms with Gasteiger partial charge < -0.3 is 5.11 Å². The average Bonchev–Trinajstić information content (AvgIpc) is 2.61. The molecule has 1 aromatic carbocycles. The summed E-state index contributed by atoms with van der Waals surface area (Å²) in [5.74, 6) is -0.526. The molecule has 1 aliphatic heterocycles. The van der Waals surface area contributed by atoms with Crippen LogP contribution in [0.3, 0.4) is 0 Å². The summed E-state index contributed by atoms with van der Waals surface area (Å²) in [6, 6.07) is 7.92. The Hall–Kier alpha value is -1.55. The van der Waals surface area contributed by atoms with E-state index in [4.69, 9.17) is 0 Å². The molecule has 1 fully saturated rings. The molecule has 0 spiro atoms. The molecule has 17 heavy (non-hydrogen) atoms. The fraction of sp³-hybridized carbons (Fsp3) is 0.462. The van der Waals surface area contributed by atoms with Crippen molar-refractivity contribution in [2.45, 2.75) is 26.4 Å². The number of hydrazine groups is 1. The molecule has 2 rings (SSSR count). The molecular formula is C13H18N2O2. The van der Waals surface area contributed by atoms with Crippen molar-refractivity contribution in [3.8, 4) is 0 Å². The normalized spacial score (nSPS) is 20.6. The number of hydrogen-bond acceptors (Lipinski definition) is 3. The van der Waals surface area contributed by atoms with Crippen molar-refractivity contribution in [3.63, 3.8) is 0 Å². The topological polar surface area (TPSA) is 52.6 Å². The second kappa shape index (κ2) is 4.04. The van der Waals surface area contributed by atoms with E-state index in [1.54, 1.807) is 18.9 Å². The quantitative estimate of drug-likeness (QED) is 0.809. The van der Waals surface area contributed by atoms with Crippen LogP contribution < -0.4 is 10.4 Å². The van der Waals surface area contributed by atoms with Crippen LogP contribution in [-0.4, -0.2) is 23.2 Å². The van der Waals surface area contributed by atoms with Gasteiger partial charge in [-0.3, -0.25) is 15.2 Å². The van der Waals surface area contributed by atoms with E-state index in [1.165, 1.54) is 5.56 Å². The molecule has 0 saturated carbocycles. The molecule has 1 aliphatic rings. The summed E-state index contributed by atoms with van der Waals surface area (Å²) < 4.78 is 0. The van der Waals surface area contributed by atoms with Crippen LogP contribution in [0.2, 0.25) is 0 Å². The molecule has 1 heterocycles. The molecule has 1 unspecified atom stereocenters. The van der Waals surface area contributed by atoms with Gasteiger partial charge in [0, 0.05) is 0 Å². The Balaban J connectivity index is 2.17. The molecule has 2 N–H and O–H groups in total. The van der Waals surface area contributed by atoms with Crippen LogP contribution in [0.5, 0.6) is 0 Å². The third-order valence-corrected chi connectivity index (χ3v) is 3.13. The second-order valence-electron chi connectivity index (χ2n) is 5.13. The van der Waals surface area contributed by atoms with Gasteiger partial charge >= 0.3 is 0 Å². The SMILES string of the molecule is Cc1ccc(N2CC(C(C)(C)O)C(=O)N2)cc1. The van der Waals surface area contributed by atoms with Gasteiger partial charge in [0.05, 0.1) is 23.8 Å². The van der Waals surface area contributed by atoms with Crippen molar-refractivity contribution in [1.82, 2.24) is 5.43 Å². The van der Waals surface area contributed by atoms with Crippen molar-refractivity contribution < 1.29 is 9.90 Å². The minimum Gasteiger partial charge on any atom is -0.390 e. The Morgan fingerprint density at radius 2 is 1.94 bits per heavy atom. The zero-order chi connectivity index (χ0) is 12.6. The smallest absolute Gasteiger partial charge is 0.246 e. The first-order valence-electron chi connectivity index (χ1n) is 5.75. The number of nitrogens with zero attached hydrogens (tertiary/aromatic N) is 1. The average molecular weight is 234 g/mol. The van der Waals surface area contributed by atoms with Crippen LogP contribution in [0.1, 0.15) is 19.4 Å². The molecular weight excluding hydrogens is 216 g/mol. The number of carbonyl (C=O) groups is 1. The van der Waals surface area contributed by atoms with Crippen LogP contribution in [0, 0.1) is 12.8 Å². The lowest BCUT2D eigenvalue weighted by Crippen LogP contribution is -2.37. The summed E-state index contributed by atoms with van der Waals surface area (Å²) in [6.45, 7) is 5.84. The fourth-order valence-electron chi connectivity index (χ4n) is 1.96. The van der Waals surface area contributed by atoms with E-state index < -0.39 is 11.5 Å². The minimum atomic E-state index is -0.996. The lowest BCUT2D eigenvalue weighted by molar-refractivity contribution is -0.128. The maximum atomic E-state index is 11.8. The number of aliphatic hydroxyl groups is 1. The number of carbonyl (C=O) groups excluding carboxylic acids is 1. The van der Waals surface area contributed by atoms with Crippen LogP contribution in [0.4, 0.5) is 5.69 Å². The standard InChI is InChI=1S/C13H18N2O2/c1-9-4-6-10(7-5-9)15-8-11(12(16)14-15)13(2,3)17/h4-7,11,17H,8H2,1-3H3,(H,14,16). The summed E-state index contributed by atoms with van der Waals surface area (Å²) in [7, 11) is 0. The summed E-state index contributed by atoms with van der Waals surface area (Å²) in [5.41, 5.74) is 3.90. The van der Waals surface area contributed by atoms with Crippen LogP contribution in [0.15, 0.2) is 24.3 Å². The van der Waals surface area contributed by atoms with Gasteiger partial charge in [0.1, 0.15) is 0 Å². The third-order valence-electron chi connectivity index (χ3n) is 3.13. The molecule has 4 nitrogen and oxygen atoms in total. The first-order valence-corrected chi connectivity index (χ1v) is 5.75. The maximum absolute atomic E-state index is 11.8. The highest BCUT2D eigenvalue weighted by atomic mass is 16.3. The Morgan fingerprint density at radius 3 is 2.41 bits per heavy atom. The van der Waals surface area contributed by atoms with Gasteiger partial charge in [-0.1, -0.05) is 17.7 Å². The van der Waals surface area contributed by atoms with Gasteiger partial charge in [-0.05, 0) is 32.9 Å². The van der Waals surface area contributed by atoms with E-state index in [-0.39, 0.29) is 5.91 Å². The highest BCUT2D eigenvalue weighted by Gasteiger charge is 2.40. The first-order chi connectivity index (χ1) is 7.88. The van der Waals surface area contributed by atoms with Crippen molar-refractivity contribution in [2.75, 3.05) is 11.6 Å². The molecule has 0 bridgehead atoms. The van der Waals surface area contributed by atoms with Gasteiger partial charge in [-0.25, -0.2) is 0 Å². The van der Waals surface area contributed by atoms with E-state index >= 15 is 0 Å².